The Morgan fingerprint density at radius 1 is 1.50 bits per heavy atom. The number of rotatable bonds is 4. The molecular weight excluding hydrogens is 273 g/mol. The first kappa shape index (κ1) is 13.5. The highest BCUT2D eigenvalue weighted by Gasteiger charge is 2.11. The third-order valence-electron chi connectivity index (χ3n) is 1.55. The van der Waals surface area contributed by atoms with Crippen LogP contribution in [0.3, 0.4) is 0 Å². The predicted molar refractivity (Wildman–Crippen MR) is 63.5 cm³/mol. The monoisotopic (exact) mass is 283 g/mol. The van der Waals surface area contributed by atoms with Gasteiger partial charge in [0, 0.05) is 16.9 Å². The summed E-state index contributed by atoms with van der Waals surface area (Å²) in [5, 5.41) is 0.270. The highest BCUT2D eigenvalue weighted by Crippen LogP contribution is 2.24. The quantitative estimate of drug-likeness (QED) is 0.797. The van der Waals surface area contributed by atoms with E-state index < -0.39 is 9.05 Å². The van der Waals surface area contributed by atoms with Gasteiger partial charge in [-0.05, 0) is 25.5 Å². The number of hydrogen-bond donors (Lipinski definition) is 0. The molecule has 0 saturated carbocycles. The van der Waals surface area contributed by atoms with Crippen molar-refractivity contribution in [3.8, 4) is 5.88 Å². The molecule has 1 rings (SSSR count). The summed E-state index contributed by atoms with van der Waals surface area (Å²) in [6, 6.07) is 1.48. The summed E-state index contributed by atoms with van der Waals surface area (Å²) in [4.78, 5) is 3.93. The van der Waals surface area contributed by atoms with E-state index in [0.717, 1.165) is 0 Å². The molecule has 1 heterocycles. The van der Waals surface area contributed by atoms with Gasteiger partial charge in [0.15, 0.2) is 0 Å². The van der Waals surface area contributed by atoms with Crippen molar-refractivity contribution < 1.29 is 13.2 Å². The minimum atomic E-state index is -3.60. The van der Waals surface area contributed by atoms with E-state index in [1.807, 2.05) is 13.8 Å². The third-order valence-corrected chi connectivity index (χ3v) is 2.83. The lowest BCUT2D eigenvalue weighted by atomic mass is 10.3. The molecule has 0 amide bonds. The van der Waals surface area contributed by atoms with Crippen LogP contribution in [0.15, 0.2) is 12.3 Å². The van der Waals surface area contributed by atoms with Gasteiger partial charge in [0.2, 0.25) is 14.9 Å². The molecule has 90 valence electrons. The maximum absolute atomic E-state index is 10.8. The zero-order valence-corrected chi connectivity index (χ0v) is 11.1. The molecule has 7 heteroatoms. The van der Waals surface area contributed by atoms with Gasteiger partial charge in [-0.1, -0.05) is 11.6 Å². The van der Waals surface area contributed by atoms with Gasteiger partial charge in [-0.15, -0.1) is 0 Å². The Labute approximate surface area is 104 Å². The van der Waals surface area contributed by atoms with E-state index >= 15 is 0 Å². The molecule has 0 N–H and O–H groups in total. The van der Waals surface area contributed by atoms with E-state index in [1.165, 1.54) is 12.3 Å². The van der Waals surface area contributed by atoms with E-state index in [2.05, 4.69) is 4.98 Å². The Bertz CT molecular complexity index is 474. The molecule has 0 fully saturated rings. The fraction of sp³-hybridized carbons (Fsp3) is 0.444. The van der Waals surface area contributed by atoms with Crippen molar-refractivity contribution in [3.63, 3.8) is 0 Å². The first-order valence-electron chi connectivity index (χ1n) is 4.51. The number of ether oxygens (including phenoxy) is 1. The van der Waals surface area contributed by atoms with Gasteiger partial charge in [0.25, 0.3) is 0 Å². The topological polar surface area (TPSA) is 56.3 Å². The van der Waals surface area contributed by atoms with Crippen molar-refractivity contribution in [1.82, 2.24) is 4.98 Å². The molecule has 1 aromatic heterocycles. The van der Waals surface area contributed by atoms with E-state index in [0.29, 0.717) is 5.56 Å². The number of nitrogens with zero attached hydrogens (tertiary/aromatic N) is 1. The normalized spacial score (nSPS) is 11.8. The minimum absolute atomic E-state index is 0.0485. The van der Waals surface area contributed by atoms with Crippen LogP contribution >= 0.6 is 22.3 Å². The minimum Gasteiger partial charge on any atom is -0.474 e. The number of pyridine rings is 1. The lowest BCUT2D eigenvalue weighted by Gasteiger charge is -2.10. The SMILES string of the molecule is CC(C)Oc1ncc(CS(=O)(=O)Cl)cc1Cl. The zero-order chi connectivity index (χ0) is 12.3. The molecule has 0 atom stereocenters. The highest BCUT2D eigenvalue weighted by molar-refractivity contribution is 8.13. The molecule has 0 spiro atoms. The number of aromatic nitrogens is 1. The van der Waals surface area contributed by atoms with Crippen LogP contribution in [0.1, 0.15) is 19.4 Å². The smallest absolute Gasteiger partial charge is 0.236 e. The Hall–Kier alpha value is -0.520. The summed E-state index contributed by atoms with van der Waals surface area (Å²) < 4.78 is 27.0. The van der Waals surface area contributed by atoms with Crippen LogP contribution in [-0.2, 0) is 14.8 Å². The second-order valence-electron chi connectivity index (χ2n) is 3.48. The van der Waals surface area contributed by atoms with Gasteiger partial charge in [-0.2, -0.15) is 0 Å². The number of hydrogen-bond acceptors (Lipinski definition) is 4. The zero-order valence-electron chi connectivity index (χ0n) is 8.78. The molecule has 0 aliphatic carbocycles. The van der Waals surface area contributed by atoms with Crippen molar-refractivity contribution in [1.29, 1.82) is 0 Å². The van der Waals surface area contributed by atoms with Crippen LogP contribution in [0.5, 0.6) is 5.88 Å². The van der Waals surface area contributed by atoms with Gasteiger partial charge >= 0.3 is 0 Å². The van der Waals surface area contributed by atoms with Crippen LogP contribution in [0, 0.1) is 0 Å². The van der Waals surface area contributed by atoms with Crippen molar-refractivity contribution in [2.24, 2.45) is 0 Å². The van der Waals surface area contributed by atoms with Crippen molar-refractivity contribution >= 4 is 31.3 Å². The standard InChI is InChI=1S/C9H11Cl2NO3S/c1-6(2)15-9-8(10)3-7(4-12-9)5-16(11,13)14/h3-4,6H,5H2,1-2H3. The second-order valence-corrected chi connectivity index (χ2v) is 6.66. The van der Waals surface area contributed by atoms with Gasteiger partial charge in [0.1, 0.15) is 5.02 Å². The highest BCUT2D eigenvalue weighted by atomic mass is 35.7. The molecule has 16 heavy (non-hydrogen) atoms. The Kier molecular flexibility index (Phi) is 4.41. The first-order valence-corrected chi connectivity index (χ1v) is 7.37. The van der Waals surface area contributed by atoms with Crippen LogP contribution in [0.2, 0.25) is 5.02 Å². The maximum Gasteiger partial charge on any atom is 0.236 e. The summed E-state index contributed by atoms with van der Waals surface area (Å²) >= 11 is 5.88. The largest absolute Gasteiger partial charge is 0.474 e. The van der Waals surface area contributed by atoms with E-state index in [9.17, 15) is 8.42 Å². The summed E-state index contributed by atoms with van der Waals surface area (Å²) in [5.74, 6) is -0.0177. The van der Waals surface area contributed by atoms with E-state index in [1.54, 1.807) is 0 Å². The van der Waals surface area contributed by atoms with Crippen LogP contribution in [0.25, 0.3) is 0 Å². The van der Waals surface area contributed by atoms with Crippen molar-refractivity contribution in [3.05, 3.63) is 22.8 Å². The summed E-state index contributed by atoms with van der Waals surface area (Å²) in [5.41, 5.74) is 0.427. The molecule has 0 aliphatic heterocycles. The summed E-state index contributed by atoms with van der Waals surface area (Å²) in [6.07, 6.45) is 1.33. The molecule has 4 nitrogen and oxygen atoms in total. The molecule has 0 bridgehead atoms. The molecule has 0 aliphatic rings. The van der Waals surface area contributed by atoms with Gasteiger partial charge in [-0.3, -0.25) is 0 Å². The molecular formula is C9H11Cl2NO3S. The van der Waals surface area contributed by atoms with Crippen molar-refractivity contribution in [2.75, 3.05) is 0 Å². The van der Waals surface area contributed by atoms with Crippen LogP contribution < -0.4 is 4.74 Å². The Morgan fingerprint density at radius 2 is 2.12 bits per heavy atom. The van der Waals surface area contributed by atoms with Gasteiger partial charge < -0.3 is 4.74 Å². The fourth-order valence-corrected chi connectivity index (χ4v) is 2.22. The summed E-state index contributed by atoms with van der Waals surface area (Å²) in [6.45, 7) is 3.68. The predicted octanol–water partition coefficient (Wildman–Crippen LogP) is 2.59. The van der Waals surface area contributed by atoms with Crippen LogP contribution in [-0.4, -0.2) is 19.5 Å². The van der Waals surface area contributed by atoms with E-state index in [4.69, 9.17) is 27.0 Å². The lowest BCUT2D eigenvalue weighted by molar-refractivity contribution is 0.232. The average molecular weight is 284 g/mol. The third kappa shape index (κ3) is 4.55. The lowest BCUT2D eigenvalue weighted by Crippen LogP contribution is -2.07. The van der Waals surface area contributed by atoms with Gasteiger partial charge in [-0.25, -0.2) is 13.4 Å². The Balaban J connectivity index is 2.91. The first-order chi connectivity index (χ1) is 7.28. The molecule has 0 saturated heterocycles. The molecule has 0 radical (unpaired) electrons. The van der Waals surface area contributed by atoms with Crippen LogP contribution in [0.4, 0.5) is 0 Å². The van der Waals surface area contributed by atoms with Gasteiger partial charge in [0.05, 0.1) is 11.9 Å². The second kappa shape index (κ2) is 5.21. The fourth-order valence-electron chi connectivity index (χ4n) is 1.05. The maximum atomic E-state index is 10.8. The molecule has 0 aromatic carbocycles. The van der Waals surface area contributed by atoms with E-state index in [-0.39, 0.29) is 22.8 Å². The average Bonchev–Trinajstić information content (AvgIpc) is 2.06. The number of halogens is 2. The molecule has 0 unspecified atom stereocenters. The van der Waals surface area contributed by atoms with Crippen molar-refractivity contribution in [2.45, 2.75) is 25.7 Å². The summed E-state index contributed by atoms with van der Waals surface area (Å²) in [7, 11) is 1.52. The Morgan fingerprint density at radius 3 is 2.56 bits per heavy atom. The molecule has 1 aromatic rings.